The van der Waals surface area contributed by atoms with E-state index in [1.165, 1.54) is 32.1 Å². The Bertz CT molecular complexity index is 612. The fourth-order valence-corrected chi connectivity index (χ4v) is 5.86. The molecule has 5 heteroatoms. The van der Waals surface area contributed by atoms with Gasteiger partial charge in [0.15, 0.2) is 0 Å². The van der Waals surface area contributed by atoms with Crippen molar-refractivity contribution in [2.45, 2.75) is 57.4 Å². The van der Waals surface area contributed by atoms with E-state index in [1.807, 2.05) is 65.7 Å². The molecular formula is C21H30N2O2S. The van der Waals surface area contributed by atoms with Gasteiger partial charge in [-0.1, -0.05) is 37.5 Å². The summed E-state index contributed by atoms with van der Waals surface area (Å²) in [6, 6.07) is 9.11. The van der Waals surface area contributed by atoms with Gasteiger partial charge in [0.25, 0.3) is 5.91 Å². The van der Waals surface area contributed by atoms with Gasteiger partial charge in [-0.2, -0.15) is 0 Å². The topological polar surface area (TPSA) is 40.6 Å². The number of carbonyl (C=O) groups is 2. The van der Waals surface area contributed by atoms with Crippen molar-refractivity contribution < 1.29 is 9.59 Å². The van der Waals surface area contributed by atoms with Crippen LogP contribution < -0.4 is 0 Å². The average Bonchev–Trinajstić information content (AvgIpc) is 3.14. The van der Waals surface area contributed by atoms with Gasteiger partial charge in [-0.05, 0) is 44.7 Å². The summed E-state index contributed by atoms with van der Waals surface area (Å²) in [7, 11) is 0. The zero-order valence-electron chi connectivity index (χ0n) is 15.9. The molecule has 1 aromatic carbocycles. The minimum atomic E-state index is -0.334. The van der Waals surface area contributed by atoms with Gasteiger partial charge in [-0.3, -0.25) is 9.59 Å². The second kappa shape index (κ2) is 8.94. The number of benzene rings is 1. The van der Waals surface area contributed by atoms with Gasteiger partial charge in [0.1, 0.15) is 6.04 Å². The summed E-state index contributed by atoms with van der Waals surface area (Å²) in [4.78, 5) is 30.2. The first-order valence-corrected chi connectivity index (χ1v) is 11.0. The molecule has 0 spiro atoms. The number of amides is 2. The van der Waals surface area contributed by atoms with E-state index in [-0.39, 0.29) is 23.2 Å². The highest BCUT2D eigenvalue weighted by Gasteiger charge is 2.45. The van der Waals surface area contributed by atoms with Crippen LogP contribution in [0.4, 0.5) is 0 Å². The summed E-state index contributed by atoms with van der Waals surface area (Å²) >= 11 is 1.81. The standard InChI is InChI=1S/C21H30N2O2S/c1-3-22(4-2)20(25)18-15-26-21(17-13-9-6-10-14-17)23(18)19(24)16-11-7-5-8-12-16/h5,7-8,11-12,17-18,21H,3-4,6,9-10,13-15H2,1-2H3. The lowest BCUT2D eigenvalue weighted by Gasteiger charge is -2.36. The molecule has 1 saturated heterocycles. The molecule has 2 aliphatic rings. The zero-order chi connectivity index (χ0) is 18.5. The van der Waals surface area contributed by atoms with E-state index in [2.05, 4.69) is 0 Å². The molecule has 3 rings (SSSR count). The van der Waals surface area contributed by atoms with Gasteiger partial charge in [0.2, 0.25) is 5.91 Å². The van der Waals surface area contributed by atoms with Gasteiger partial charge in [-0.15, -0.1) is 11.8 Å². The number of thioether (sulfide) groups is 1. The maximum atomic E-state index is 13.4. The van der Waals surface area contributed by atoms with Crippen molar-refractivity contribution in [3.05, 3.63) is 35.9 Å². The SMILES string of the molecule is CCN(CC)C(=O)C1CSC(C2CCCCC2)N1C(=O)c1ccccc1. The summed E-state index contributed by atoms with van der Waals surface area (Å²) in [5.41, 5.74) is 0.688. The molecular weight excluding hydrogens is 344 g/mol. The molecule has 4 nitrogen and oxygen atoms in total. The number of hydrogen-bond donors (Lipinski definition) is 0. The van der Waals surface area contributed by atoms with E-state index in [0.717, 1.165) is 5.75 Å². The molecule has 0 radical (unpaired) electrons. The Labute approximate surface area is 161 Å². The quantitative estimate of drug-likeness (QED) is 0.782. The van der Waals surface area contributed by atoms with Crippen molar-refractivity contribution in [1.29, 1.82) is 0 Å². The molecule has 1 saturated carbocycles. The summed E-state index contributed by atoms with van der Waals surface area (Å²) < 4.78 is 0. The number of nitrogens with zero attached hydrogens (tertiary/aromatic N) is 2. The van der Waals surface area contributed by atoms with E-state index in [0.29, 0.717) is 24.6 Å². The molecule has 2 unspecified atom stereocenters. The van der Waals surface area contributed by atoms with E-state index in [1.54, 1.807) is 0 Å². The second-order valence-corrected chi connectivity index (χ2v) is 8.38. The number of carbonyl (C=O) groups excluding carboxylic acids is 2. The summed E-state index contributed by atoms with van der Waals surface area (Å²) in [6.45, 7) is 5.40. The second-order valence-electron chi connectivity index (χ2n) is 7.23. The Morgan fingerprint density at radius 2 is 1.73 bits per heavy atom. The van der Waals surface area contributed by atoms with Crippen LogP contribution in [0.15, 0.2) is 30.3 Å². The van der Waals surface area contributed by atoms with E-state index in [4.69, 9.17) is 0 Å². The van der Waals surface area contributed by atoms with Crippen LogP contribution in [0.3, 0.4) is 0 Å². The molecule has 1 aliphatic carbocycles. The molecule has 1 heterocycles. The first-order valence-electron chi connectivity index (χ1n) is 9.95. The smallest absolute Gasteiger partial charge is 0.255 e. The Morgan fingerprint density at radius 3 is 2.35 bits per heavy atom. The van der Waals surface area contributed by atoms with Crippen LogP contribution >= 0.6 is 11.8 Å². The van der Waals surface area contributed by atoms with Crippen molar-refractivity contribution in [1.82, 2.24) is 9.80 Å². The van der Waals surface area contributed by atoms with E-state index < -0.39 is 0 Å². The highest BCUT2D eigenvalue weighted by molar-refractivity contribution is 8.00. The zero-order valence-corrected chi connectivity index (χ0v) is 16.7. The van der Waals surface area contributed by atoms with Gasteiger partial charge in [-0.25, -0.2) is 0 Å². The molecule has 0 bridgehead atoms. The molecule has 142 valence electrons. The third kappa shape index (κ3) is 3.93. The summed E-state index contributed by atoms with van der Waals surface area (Å²) in [5, 5.41) is 0.132. The highest BCUT2D eigenvalue weighted by atomic mass is 32.2. The predicted octanol–water partition coefficient (Wildman–Crippen LogP) is 4.02. The molecule has 1 aliphatic heterocycles. The molecule has 2 fully saturated rings. The van der Waals surface area contributed by atoms with E-state index in [9.17, 15) is 9.59 Å². The third-order valence-electron chi connectivity index (χ3n) is 5.70. The number of hydrogen-bond acceptors (Lipinski definition) is 3. The average molecular weight is 375 g/mol. The Balaban J connectivity index is 1.88. The van der Waals surface area contributed by atoms with Gasteiger partial charge in [0, 0.05) is 24.4 Å². The lowest BCUT2D eigenvalue weighted by Crippen LogP contribution is -2.52. The van der Waals surface area contributed by atoms with Crippen LogP contribution in [0.1, 0.15) is 56.3 Å². The van der Waals surface area contributed by atoms with Crippen LogP contribution in [-0.4, -0.2) is 51.9 Å². The summed E-state index contributed by atoms with van der Waals surface area (Å²) in [5.74, 6) is 1.34. The molecule has 0 aromatic heterocycles. The van der Waals surface area contributed by atoms with Crippen LogP contribution in [0.2, 0.25) is 0 Å². The Hall–Kier alpha value is -1.49. The largest absolute Gasteiger partial charge is 0.341 e. The first-order chi connectivity index (χ1) is 12.7. The van der Waals surface area contributed by atoms with E-state index >= 15 is 0 Å². The maximum absolute atomic E-state index is 13.4. The van der Waals surface area contributed by atoms with Crippen molar-refractivity contribution in [3.8, 4) is 0 Å². The minimum Gasteiger partial charge on any atom is -0.341 e. The van der Waals surface area contributed by atoms with Crippen LogP contribution in [0, 0.1) is 5.92 Å². The number of rotatable bonds is 5. The van der Waals surface area contributed by atoms with Gasteiger partial charge < -0.3 is 9.80 Å². The summed E-state index contributed by atoms with van der Waals surface area (Å²) in [6.07, 6.45) is 6.11. The normalized spacial score (nSPS) is 23.8. The van der Waals surface area contributed by atoms with Crippen LogP contribution in [-0.2, 0) is 4.79 Å². The van der Waals surface area contributed by atoms with Crippen molar-refractivity contribution in [2.75, 3.05) is 18.8 Å². The molecule has 0 N–H and O–H groups in total. The lowest BCUT2D eigenvalue weighted by atomic mass is 9.88. The predicted molar refractivity (Wildman–Crippen MR) is 107 cm³/mol. The van der Waals surface area contributed by atoms with Crippen molar-refractivity contribution in [2.24, 2.45) is 5.92 Å². The molecule has 26 heavy (non-hydrogen) atoms. The Morgan fingerprint density at radius 1 is 1.08 bits per heavy atom. The third-order valence-corrected chi connectivity index (χ3v) is 7.17. The maximum Gasteiger partial charge on any atom is 0.255 e. The lowest BCUT2D eigenvalue weighted by molar-refractivity contribution is -0.135. The van der Waals surface area contributed by atoms with Crippen molar-refractivity contribution >= 4 is 23.6 Å². The monoisotopic (exact) mass is 374 g/mol. The number of likely N-dealkylation sites (N-methyl/N-ethyl adjacent to an activating group) is 1. The molecule has 1 aromatic rings. The minimum absolute atomic E-state index is 0.0108. The van der Waals surface area contributed by atoms with Crippen molar-refractivity contribution in [3.63, 3.8) is 0 Å². The van der Waals surface area contributed by atoms with Gasteiger partial charge in [0.05, 0.1) is 5.37 Å². The molecule has 2 amide bonds. The van der Waals surface area contributed by atoms with Crippen LogP contribution in [0.25, 0.3) is 0 Å². The first kappa shape index (κ1) is 19.3. The molecule has 2 atom stereocenters. The highest BCUT2D eigenvalue weighted by Crippen LogP contribution is 2.41. The fraction of sp³-hybridized carbons (Fsp3) is 0.619. The van der Waals surface area contributed by atoms with Crippen LogP contribution in [0.5, 0.6) is 0 Å². The van der Waals surface area contributed by atoms with Gasteiger partial charge >= 0.3 is 0 Å². The fourth-order valence-electron chi connectivity index (χ4n) is 4.23. The Kier molecular flexibility index (Phi) is 6.63.